The van der Waals surface area contributed by atoms with E-state index in [-0.39, 0.29) is 24.1 Å². The Balaban J connectivity index is 1.61. The van der Waals surface area contributed by atoms with E-state index in [2.05, 4.69) is 26.6 Å². The van der Waals surface area contributed by atoms with Gasteiger partial charge in [-0.3, -0.25) is 4.79 Å². The molecule has 3 rings (SSSR count). The number of halogens is 2. The highest BCUT2D eigenvalue weighted by atomic mass is 79.9. The van der Waals surface area contributed by atoms with E-state index in [1.165, 1.54) is 12.1 Å². The first-order valence-electron chi connectivity index (χ1n) is 7.82. The van der Waals surface area contributed by atoms with Crippen LogP contribution in [-0.2, 0) is 4.79 Å². The number of nitrogens with one attached hydrogen (secondary N) is 2. The molecule has 0 aromatic heterocycles. The van der Waals surface area contributed by atoms with Crippen LogP contribution in [0.25, 0.3) is 0 Å². The Morgan fingerprint density at radius 1 is 1.24 bits per heavy atom. The molecule has 1 heterocycles. The van der Waals surface area contributed by atoms with Crippen molar-refractivity contribution in [2.45, 2.75) is 19.4 Å². The Morgan fingerprint density at radius 3 is 2.64 bits per heavy atom. The molecule has 0 aliphatic carbocycles. The van der Waals surface area contributed by atoms with Crippen LogP contribution in [0.2, 0.25) is 0 Å². The molecule has 1 aliphatic heterocycles. The highest BCUT2D eigenvalue weighted by Crippen LogP contribution is 2.22. The molecule has 1 saturated heterocycles. The van der Waals surface area contributed by atoms with E-state index in [1.807, 2.05) is 31.2 Å². The van der Waals surface area contributed by atoms with Crippen LogP contribution in [0.3, 0.4) is 0 Å². The summed E-state index contributed by atoms with van der Waals surface area (Å²) in [6.07, 6.45) is 0.212. The third-order valence-corrected chi connectivity index (χ3v) is 4.48. The molecule has 2 aromatic rings. The summed E-state index contributed by atoms with van der Waals surface area (Å²) in [5.74, 6) is -0.586. The zero-order chi connectivity index (χ0) is 18.0. The average Bonchev–Trinajstić information content (AvgIpc) is 2.91. The van der Waals surface area contributed by atoms with E-state index in [4.69, 9.17) is 0 Å². The summed E-state index contributed by atoms with van der Waals surface area (Å²) in [7, 11) is 0. The van der Waals surface area contributed by atoms with Gasteiger partial charge in [0.15, 0.2) is 0 Å². The van der Waals surface area contributed by atoms with Gasteiger partial charge in [0.1, 0.15) is 5.82 Å². The molecule has 0 radical (unpaired) electrons. The lowest BCUT2D eigenvalue weighted by Gasteiger charge is -2.17. The Bertz CT molecular complexity index is 810. The van der Waals surface area contributed by atoms with Gasteiger partial charge in [0, 0.05) is 23.1 Å². The Hall–Kier alpha value is -2.41. The molecule has 0 bridgehead atoms. The third kappa shape index (κ3) is 4.17. The van der Waals surface area contributed by atoms with Crippen LogP contribution in [-0.4, -0.2) is 24.5 Å². The summed E-state index contributed by atoms with van der Waals surface area (Å²) in [5, 5.41) is 5.19. The second kappa shape index (κ2) is 7.23. The van der Waals surface area contributed by atoms with Gasteiger partial charge in [0.25, 0.3) is 0 Å². The van der Waals surface area contributed by atoms with Crippen LogP contribution in [0, 0.1) is 12.7 Å². The minimum Gasteiger partial charge on any atom is -0.333 e. The van der Waals surface area contributed by atoms with E-state index < -0.39 is 11.8 Å². The van der Waals surface area contributed by atoms with Gasteiger partial charge in [-0.05, 0) is 37.3 Å². The largest absolute Gasteiger partial charge is 0.333 e. The lowest BCUT2D eigenvalue weighted by Crippen LogP contribution is -2.39. The van der Waals surface area contributed by atoms with Crippen molar-refractivity contribution in [3.63, 3.8) is 0 Å². The van der Waals surface area contributed by atoms with Crippen molar-refractivity contribution in [1.82, 2.24) is 5.32 Å². The smallest absolute Gasteiger partial charge is 0.319 e. The zero-order valence-electron chi connectivity index (χ0n) is 13.6. The molecule has 1 atom stereocenters. The minimum absolute atomic E-state index is 0.0519. The maximum atomic E-state index is 13.8. The van der Waals surface area contributed by atoms with Crippen molar-refractivity contribution < 1.29 is 14.0 Å². The Labute approximate surface area is 153 Å². The number of hydrogen-bond donors (Lipinski definition) is 2. The van der Waals surface area contributed by atoms with Gasteiger partial charge in [-0.1, -0.05) is 33.6 Å². The normalized spacial score (nSPS) is 16.8. The number of hydrogen-bond acceptors (Lipinski definition) is 2. The summed E-state index contributed by atoms with van der Waals surface area (Å²) in [4.78, 5) is 25.9. The molecule has 7 heteroatoms. The molecule has 25 heavy (non-hydrogen) atoms. The van der Waals surface area contributed by atoms with E-state index >= 15 is 0 Å². The molecule has 1 aliphatic rings. The molecule has 0 unspecified atom stereocenters. The number of carbonyl (C=O) groups excluding carboxylic acids is 2. The highest BCUT2D eigenvalue weighted by molar-refractivity contribution is 9.10. The van der Waals surface area contributed by atoms with Gasteiger partial charge in [0.05, 0.1) is 11.7 Å². The standard InChI is InChI=1S/C18H17BrFN3O2/c1-11-2-5-14(6-3-11)23-10-13(9-17(23)24)21-18(25)22-16-7-4-12(19)8-15(16)20/h2-8,13H,9-10H2,1H3,(H2,21,22,25)/t13-/m1/s1. The summed E-state index contributed by atoms with van der Waals surface area (Å²) in [6.45, 7) is 2.36. The number of nitrogens with zero attached hydrogens (tertiary/aromatic N) is 1. The summed E-state index contributed by atoms with van der Waals surface area (Å²) in [6, 6.07) is 11.2. The maximum Gasteiger partial charge on any atom is 0.319 e. The van der Waals surface area contributed by atoms with Crippen LogP contribution in [0.15, 0.2) is 46.9 Å². The van der Waals surface area contributed by atoms with Crippen LogP contribution in [0.5, 0.6) is 0 Å². The number of amides is 3. The second-order valence-corrected chi connectivity index (χ2v) is 6.88. The van der Waals surface area contributed by atoms with Crippen LogP contribution < -0.4 is 15.5 Å². The first-order chi connectivity index (χ1) is 11.9. The van der Waals surface area contributed by atoms with Gasteiger partial charge >= 0.3 is 6.03 Å². The number of rotatable bonds is 3. The Morgan fingerprint density at radius 2 is 1.96 bits per heavy atom. The van der Waals surface area contributed by atoms with Crippen molar-refractivity contribution >= 4 is 39.2 Å². The lowest BCUT2D eigenvalue weighted by atomic mass is 10.2. The molecule has 0 saturated carbocycles. The molecule has 0 spiro atoms. The van der Waals surface area contributed by atoms with Crippen molar-refractivity contribution in [1.29, 1.82) is 0 Å². The lowest BCUT2D eigenvalue weighted by molar-refractivity contribution is -0.117. The number of urea groups is 1. The fraction of sp³-hybridized carbons (Fsp3) is 0.222. The van der Waals surface area contributed by atoms with Crippen molar-refractivity contribution in [3.8, 4) is 0 Å². The highest BCUT2D eigenvalue weighted by Gasteiger charge is 2.31. The van der Waals surface area contributed by atoms with Gasteiger partial charge in [-0.25, -0.2) is 9.18 Å². The van der Waals surface area contributed by atoms with Crippen molar-refractivity contribution in [3.05, 3.63) is 58.3 Å². The maximum absolute atomic E-state index is 13.8. The molecule has 2 N–H and O–H groups in total. The first kappa shape index (κ1) is 17.4. The quantitative estimate of drug-likeness (QED) is 0.814. The number of carbonyl (C=O) groups is 2. The van der Waals surface area contributed by atoms with E-state index in [0.717, 1.165) is 11.3 Å². The van der Waals surface area contributed by atoms with Gasteiger partial charge in [0.2, 0.25) is 5.91 Å². The summed E-state index contributed by atoms with van der Waals surface area (Å²) < 4.78 is 14.4. The van der Waals surface area contributed by atoms with Crippen molar-refractivity contribution in [2.24, 2.45) is 0 Å². The molecular weight excluding hydrogens is 389 g/mol. The van der Waals surface area contributed by atoms with Gasteiger partial charge in [-0.15, -0.1) is 0 Å². The monoisotopic (exact) mass is 405 g/mol. The van der Waals surface area contributed by atoms with Crippen molar-refractivity contribution in [2.75, 3.05) is 16.8 Å². The van der Waals surface area contributed by atoms with Gasteiger partial charge < -0.3 is 15.5 Å². The molecule has 130 valence electrons. The van der Waals surface area contributed by atoms with Crippen LogP contribution >= 0.6 is 15.9 Å². The third-order valence-electron chi connectivity index (χ3n) is 3.99. The summed E-state index contributed by atoms with van der Waals surface area (Å²) in [5.41, 5.74) is 2.00. The average molecular weight is 406 g/mol. The van der Waals surface area contributed by atoms with E-state index in [1.54, 1.807) is 11.0 Å². The number of anilines is 2. The van der Waals surface area contributed by atoms with E-state index in [9.17, 15) is 14.0 Å². The molecule has 5 nitrogen and oxygen atoms in total. The minimum atomic E-state index is -0.537. The zero-order valence-corrected chi connectivity index (χ0v) is 15.1. The fourth-order valence-corrected chi connectivity index (χ4v) is 3.05. The first-order valence-corrected chi connectivity index (χ1v) is 8.61. The Kier molecular flexibility index (Phi) is 5.03. The second-order valence-electron chi connectivity index (χ2n) is 5.96. The molecule has 1 fully saturated rings. The van der Waals surface area contributed by atoms with Crippen LogP contribution in [0.1, 0.15) is 12.0 Å². The molecule has 3 amide bonds. The van der Waals surface area contributed by atoms with E-state index in [0.29, 0.717) is 11.0 Å². The topological polar surface area (TPSA) is 61.4 Å². The molecule has 2 aromatic carbocycles. The number of aryl methyl sites for hydroxylation is 1. The fourth-order valence-electron chi connectivity index (χ4n) is 2.71. The SMILES string of the molecule is Cc1ccc(N2C[C@H](NC(=O)Nc3ccc(Br)cc3F)CC2=O)cc1. The predicted octanol–water partition coefficient (Wildman–Crippen LogP) is 3.82. The number of benzene rings is 2. The predicted molar refractivity (Wildman–Crippen MR) is 98.2 cm³/mol. The summed E-state index contributed by atoms with van der Waals surface area (Å²) >= 11 is 3.16. The van der Waals surface area contributed by atoms with Crippen LogP contribution in [0.4, 0.5) is 20.6 Å². The van der Waals surface area contributed by atoms with Gasteiger partial charge in [-0.2, -0.15) is 0 Å². The molecular formula is C18H17BrFN3O2.